The number of hydrogen-bond acceptors (Lipinski definition) is 4. The minimum Gasteiger partial charge on any atom is -0.370 e. The van der Waals surface area contributed by atoms with E-state index in [2.05, 4.69) is 27.2 Å². The number of nitrogens with one attached hydrogen (secondary N) is 2. The molecule has 2 aromatic rings. The molecule has 1 atom stereocenters. The molecule has 6 heteroatoms. The van der Waals surface area contributed by atoms with Crippen LogP contribution in [0.4, 0.5) is 11.5 Å². The quantitative estimate of drug-likeness (QED) is 0.743. The Morgan fingerprint density at radius 3 is 2.67 bits per heavy atom. The van der Waals surface area contributed by atoms with E-state index in [9.17, 15) is 4.79 Å². The SMILES string of the molecule is C=C(CCNc1ccnc(C)n1)[C@@H](C)C(=O)Nc1ccc(Cl)cc1. The molecule has 1 aromatic heterocycles. The number of amides is 1. The van der Waals surface area contributed by atoms with E-state index in [-0.39, 0.29) is 11.8 Å². The van der Waals surface area contributed by atoms with Crippen LogP contribution in [0.25, 0.3) is 0 Å². The van der Waals surface area contributed by atoms with Crippen LogP contribution in [0, 0.1) is 12.8 Å². The Morgan fingerprint density at radius 1 is 1.29 bits per heavy atom. The summed E-state index contributed by atoms with van der Waals surface area (Å²) < 4.78 is 0. The Kier molecular flexibility index (Phi) is 6.32. The zero-order chi connectivity index (χ0) is 17.5. The third-order valence-corrected chi connectivity index (χ3v) is 3.90. The lowest BCUT2D eigenvalue weighted by Gasteiger charge is -2.15. The molecule has 24 heavy (non-hydrogen) atoms. The van der Waals surface area contributed by atoms with Gasteiger partial charge in [-0.2, -0.15) is 0 Å². The molecule has 0 aliphatic carbocycles. The molecule has 5 nitrogen and oxygen atoms in total. The van der Waals surface area contributed by atoms with Crippen LogP contribution in [0.2, 0.25) is 5.02 Å². The summed E-state index contributed by atoms with van der Waals surface area (Å²) in [6.45, 7) is 8.38. The number of benzene rings is 1. The van der Waals surface area contributed by atoms with Crippen LogP contribution in [0.15, 0.2) is 48.7 Å². The van der Waals surface area contributed by atoms with Gasteiger partial charge in [-0.25, -0.2) is 9.97 Å². The van der Waals surface area contributed by atoms with Gasteiger partial charge in [0.25, 0.3) is 0 Å². The standard InChI is InChI=1S/C18H21ClN4O/c1-12(8-10-21-17-9-11-20-14(3)22-17)13(2)18(24)23-16-6-4-15(19)5-7-16/h4-7,9,11,13H,1,8,10H2,2-3H3,(H,23,24)(H,20,21,22)/t13-/m1/s1. The molecule has 1 amide bonds. The maximum absolute atomic E-state index is 12.3. The Labute approximate surface area is 147 Å². The second kappa shape index (κ2) is 8.45. The number of halogens is 1. The van der Waals surface area contributed by atoms with Crippen molar-refractivity contribution in [2.45, 2.75) is 20.3 Å². The van der Waals surface area contributed by atoms with Gasteiger partial charge in [0.05, 0.1) is 5.92 Å². The van der Waals surface area contributed by atoms with Crippen molar-refractivity contribution in [3.63, 3.8) is 0 Å². The van der Waals surface area contributed by atoms with Crippen LogP contribution in [0.3, 0.4) is 0 Å². The summed E-state index contributed by atoms with van der Waals surface area (Å²) in [6, 6.07) is 8.84. The van der Waals surface area contributed by atoms with Crippen molar-refractivity contribution in [1.82, 2.24) is 9.97 Å². The number of anilines is 2. The second-order valence-electron chi connectivity index (χ2n) is 5.54. The number of carbonyl (C=O) groups excluding carboxylic acids is 1. The van der Waals surface area contributed by atoms with E-state index in [1.54, 1.807) is 30.5 Å². The summed E-state index contributed by atoms with van der Waals surface area (Å²) in [7, 11) is 0. The average Bonchev–Trinajstić information content (AvgIpc) is 2.56. The molecule has 0 bridgehead atoms. The lowest BCUT2D eigenvalue weighted by molar-refractivity contribution is -0.118. The van der Waals surface area contributed by atoms with Gasteiger partial charge in [-0.15, -0.1) is 0 Å². The van der Waals surface area contributed by atoms with Crippen molar-refractivity contribution < 1.29 is 4.79 Å². The molecule has 0 fully saturated rings. The first-order valence-corrected chi connectivity index (χ1v) is 8.11. The van der Waals surface area contributed by atoms with Crippen molar-refractivity contribution in [1.29, 1.82) is 0 Å². The van der Waals surface area contributed by atoms with Crippen molar-refractivity contribution in [3.8, 4) is 0 Å². The first-order chi connectivity index (χ1) is 11.5. The van der Waals surface area contributed by atoms with Crippen molar-refractivity contribution in [2.24, 2.45) is 5.92 Å². The van der Waals surface area contributed by atoms with Gasteiger partial charge < -0.3 is 10.6 Å². The number of rotatable bonds is 7. The third kappa shape index (κ3) is 5.35. The third-order valence-electron chi connectivity index (χ3n) is 3.65. The second-order valence-corrected chi connectivity index (χ2v) is 5.98. The lowest BCUT2D eigenvalue weighted by atomic mass is 9.99. The number of nitrogens with zero attached hydrogens (tertiary/aromatic N) is 2. The normalized spacial score (nSPS) is 11.6. The fourth-order valence-electron chi connectivity index (χ4n) is 2.09. The molecule has 1 aromatic carbocycles. The highest BCUT2D eigenvalue weighted by atomic mass is 35.5. The first kappa shape index (κ1) is 17.9. The van der Waals surface area contributed by atoms with E-state index < -0.39 is 0 Å². The molecule has 2 rings (SSSR count). The van der Waals surface area contributed by atoms with Crippen molar-refractivity contribution >= 4 is 29.0 Å². The molecule has 0 aliphatic rings. The highest BCUT2D eigenvalue weighted by molar-refractivity contribution is 6.30. The van der Waals surface area contributed by atoms with E-state index in [1.807, 2.05) is 19.9 Å². The Bertz CT molecular complexity index is 715. The zero-order valence-electron chi connectivity index (χ0n) is 13.8. The molecule has 0 radical (unpaired) electrons. The Hall–Kier alpha value is -2.40. The topological polar surface area (TPSA) is 66.9 Å². The summed E-state index contributed by atoms with van der Waals surface area (Å²) >= 11 is 5.84. The molecule has 1 heterocycles. The number of aromatic nitrogens is 2. The molecule has 0 spiro atoms. The molecule has 126 valence electrons. The monoisotopic (exact) mass is 344 g/mol. The van der Waals surface area contributed by atoms with E-state index in [1.165, 1.54) is 0 Å². The van der Waals surface area contributed by atoms with Crippen LogP contribution in [-0.4, -0.2) is 22.4 Å². The number of hydrogen-bond donors (Lipinski definition) is 2. The van der Waals surface area contributed by atoms with Crippen LogP contribution >= 0.6 is 11.6 Å². The molecule has 0 aliphatic heterocycles. The maximum atomic E-state index is 12.3. The predicted molar refractivity (Wildman–Crippen MR) is 98.3 cm³/mol. The Balaban J connectivity index is 1.80. The maximum Gasteiger partial charge on any atom is 0.231 e. The van der Waals surface area contributed by atoms with Crippen LogP contribution < -0.4 is 10.6 Å². The van der Waals surface area contributed by atoms with Gasteiger partial charge >= 0.3 is 0 Å². The average molecular weight is 345 g/mol. The predicted octanol–water partition coefficient (Wildman–Crippen LogP) is 4.07. The molecule has 0 saturated heterocycles. The highest BCUT2D eigenvalue weighted by Crippen LogP contribution is 2.18. The summed E-state index contributed by atoms with van der Waals surface area (Å²) in [5, 5.41) is 6.71. The van der Waals surface area contributed by atoms with E-state index in [0.717, 1.165) is 22.9 Å². The largest absolute Gasteiger partial charge is 0.370 e. The van der Waals surface area contributed by atoms with Gasteiger partial charge in [-0.05, 0) is 50.6 Å². The van der Waals surface area contributed by atoms with Crippen molar-refractivity contribution in [2.75, 3.05) is 17.2 Å². The number of aryl methyl sites for hydroxylation is 1. The minimum absolute atomic E-state index is 0.0831. The molecular weight excluding hydrogens is 324 g/mol. The zero-order valence-corrected chi connectivity index (χ0v) is 14.6. The van der Waals surface area contributed by atoms with Crippen LogP contribution in [0.5, 0.6) is 0 Å². The molecular formula is C18H21ClN4O. The fourth-order valence-corrected chi connectivity index (χ4v) is 2.22. The molecule has 2 N–H and O–H groups in total. The minimum atomic E-state index is -0.283. The van der Waals surface area contributed by atoms with Gasteiger partial charge in [0.15, 0.2) is 0 Å². The van der Waals surface area contributed by atoms with Gasteiger partial charge in [0.1, 0.15) is 11.6 Å². The first-order valence-electron chi connectivity index (χ1n) is 7.73. The Morgan fingerprint density at radius 2 is 2.00 bits per heavy atom. The highest BCUT2D eigenvalue weighted by Gasteiger charge is 2.16. The van der Waals surface area contributed by atoms with Crippen LogP contribution in [-0.2, 0) is 4.79 Å². The smallest absolute Gasteiger partial charge is 0.231 e. The van der Waals surface area contributed by atoms with Gasteiger partial charge in [0, 0.05) is 23.5 Å². The summed E-state index contributed by atoms with van der Waals surface area (Å²) in [6.07, 6.45) is 2.39. The lowest BCUT2D eigenvalue weighted by Crippen LogP contribution is -2.22. The van der Waals surface area contributed by atoms with E-state index >= 15 is 0 Å². The molecule has 0 saturated carbocycles. The fraction of sp³-hybridized carbons (Fsp3) is 0.278. The number of carbonyl (C=O) groups is 1. The van der Waals surface area contributed by atoms with Crippen molar-refractivity contribution in [3.05, 3.63) is 59.5 Å². The van der Waals surface area contributed by atoms with Gasteiger partial charge in [-0.1, -0.05) is 23.8 Å². The summed E-state index contributed by atoms with van der Waals surface area (Å²) in [4.78, 5) is 20.6. The van der Waals surface area contributed by atoms with Crippen LogP contribution in [0.1, 0.15) is 19.2 Å². The van der Waals surface area contributed by atoms with Gasteiger partial charge in [0.2, 0.25) is 5.91 Å². The van der Waals surface area contributed by atoms with Gasteiger partial charge in [-0.3, -0.25) is 4.79 Å². The summed E-state index contributed by atoms with van der Waals surface area (Å²) in [5.41, 5.74) is 1.58. The van der Waals surface area contributed by atoms with E-state index in [0.29, 0.717) is 18.0 Å². The van der Waals surface area contributed by atoms with E-state index in [4.69, 9.17) is 11.6 Å². The molecule has 0 unspecified atom stereocenters. The summed E-state index contributed by atoms with van der Waals surface area (Å²) in [5.74, 6) is 1.12.